The lowest BCUT2D eigenvalue weighted by molar-refractivity contribution is -0.119. The van der Waals surface area contributed by atoms with Crippen molar-refractivity contribution in [2.45, 2.75) is 46.0 Å². The predicted octanol–water partition coefficient (Wildman–Crippen LogP) is 3.59. The summed E-state index contributed by atoms with van der Waals surface area (Å²) in [4.78, 5) is 12.5. The van der Waals surface area contributed by atoms with Crippen LogP contribution in [0.3, 0.4) is 0 Å². The molecule has 1 fully saturated rings. The van der Waals surface area contributed by atoms with E-state index in [0.29, 0.717) is 0 Å². The second-order valence-corrected chi connectivity index (χ2v) is 5.74. The number of amides is 1. The molecule has 100 valence electrons. The van der Waals surface area contributed by atoms with Gasteiger partial charge in [-0.05, 0) is 56.4 Å². The van der Waals surface area contributed by atoms with Crippen LogP contribution in [0.2, 0.25) is 0 Å². The molecule has 0 aromatic heterocycles. The van der Waals surface area contributed by atoms with Gasteiger partial charge in [-0.1, -0.05) is 18.9 Å². The van der Waals surface area contributed by atoms with Crippen LogP contribution in [0.1, 0.15) is 43.2 Å². The summed E-state index contributed by atoms with van der Waals surface area (Å²) in [6, 6.07) is 6.20. The monoisotopic (exact) mass is 256 g/mol. The Morgan fingerprint density at radius 2 is 1.84 bits per heavy atom. The Labute approximate surface area is 114 Å². The molecule has 3 rings (SSSR count). The highest BCUT2D eigenvalue weighted by atomic mass is 16.2. The van der Waals surface area contributed by atoms with Gasteiger partial charge in [-0.15, -0.1) is 0 Å². The van der Waals surface area contributed by atoms with E-state index in [4.69, 9.17) is 0 Å². The van der Waals surface area contributed by atoms with Gasteiger partial charge in [0.25, 0.3) is 5.91 Å². The number of benzene rings is 1. The summed E-state index contributed by atoms with van der Waals surface area (Å²) in [6.45, 7) is 4.12. The van der Waals surface area contributed by atoms with Crippen LogP contribution in [0, 0.1) is 19.8 Å². The maximum atomic E-state index is 12.5. The second kappa shape index (κ2) is 4.80. The van der Waals surface area contributed by atoms with Gasteiger partial charge in [-0.2, -0.15) is 5.10 Å². The number of hydrogen-bond acceptors (Lipinski definition) is 2. The highest BCUT2D eigenvalue weighted by Gasteiger charge is 2.36. The highest BCUT2D eigenvalue weighted by molar-refractivity contribution is 6.15. The van der Waals surface area contributed by atoms with Crippen LogP contribution in [0.4, 0.5) is 5.69 Å². The Kier molecular flexibility index (Phi) is 3.13. The van der Waals surface area contributed by atoms with Crippen molar-refractivity contribution in [3.05, 3.63) is 29.3 Å². The van der Waals surface area contributed by atoms with E-state index in [9.17, 15) is 4.79 Å². The smallest absolute Gasteiger partial charge is 0.256 e. The highest BCUT2D eigenvalue weighted by Crippen LogP contribution is 2.32. The summed E-state index contributed by atoms with van der Waals surface area (Å²) in [5.74, 6) is 0.213. The standard InChI is InChI=1S/C16H20N2O/c1-11-8-12(2)10-13(9-11)18-16(19)14-6-4-3-5-7-15(14)17-18/h8-10,14H,3-7H2,1-2H3/t14-/m1/s1. The zero-order valence-electron chi connectivity index (χ0n) is 11.6. The zero-order valence-corrected chi connectivity index (χ0v) is 11.6. The lowest BCUT2D eigenvalue weighted by Crippen LogP contribution is -2.27. The molecule has 0 radical (unpaired) electrons. The Bertz CT molecular complexity index is 527. The van der Waals surface area contributed by atoms with Gasteiger partial charge in [-0.25, -0.2) is 5.01 Å². The molecular weight excluding hydrogens is 236 g/mol. The second-order valence-electron chi connectivity index (χ2n) is 5.74. The van der Waals surface area contributed by atoms with Gasteiger partial charge < -0.3 is 0 Å². The van der Waals surface area contributed by atoms with E-state index in [0.717, 1.165) is 30.7 Å². The molecule has 1 amide bonds. The SMILES string of the molecule is Cc1cc(C)cc(N2N=C3CCCCC[C@H]3C2=O)c1. The lowest BCUT2D eigenvalue weighted by atomic mass is 9.98. The summed E-state index contributed by atoms with van der Waals surface area (Å²) < 4.78 is 0. The van der Waals surface area contributed by atoms with E-state index in [1.807, 2.05) is 12.1 Å². The molecule has 1 aromatic carbocycles. The summed E-state index contributed by atoms with van der Waals surface area (Å²) in [6.07, 6.45) is 5.50. The molecule has 0 bridgehead atoms. The van der Waals surface area contributed by atoms with Crippen molar-refractivity contribution in [1.29, 1.82) is 0 Å². The number of hydrogen-bond donors (Lipinski definition) is 0. The van der Waals surface area contributed by atoms with Crippen LogP contribution in [0.15, 0.2) is 23.3 Å². The first-order valence-corrected chi connectivity index (χ1v) is 7.15. The molecule has 3 nitrogen and oxygen atoms in total. The van der Waals surface area contributed by atoms with Crippen molar-refractivity contribution in [2.75, 3.05) is 5.01 Å². The van der Waals surface area contributed by atoms with Gasteiger partial charge in [0.05, 0.1) is 17.3 Å². The van der Waals surface area contributed by atoms with Crippen LogP contribution in [0.5, 0.6) is 0 Å². The van der Waals surface area contributed by atoms with Crippen LogP contribution >= 0.6 is 0 Å². The minimum atomic E-state index is 0.0447. The average Bonchev–Trinajstić information content (AvgIpc) is 2.55. The van der Waals surface area contributed by atoms with E-state index in [-0.39, 0.29) is 11.8 Å². The van der Waals surface area contributed by atoms with Gasteiger partial charge in [0, 0.05) is 0 Å². The van der Waals surface area contributed by atoms with Crippen molar-refractivity contribution in [2.24, 2.45) is 11.0 Å². The Morgan fingerprint density at radius 3 is 2.58 bits per heavy atom. The molecule has 0 spiro atoms. The number of aryl methyl sites for hydroxylation is 2. The molecular formula is C16H20N2O. The van der Waals surface area contributed by atoms with Crippen molar-refractivity contribution in [3.8, 4) is 0 Å². The molecule has 2 aliphatic rings. The molecule has 0 N–H and O–H groups in total. The van der Waals surface area contributed by atoms with Gasteiger partial charge in [0.2, 0.25) is 0 Å². The summed E-state index contributed by atoms with van der Waals surface area (Å²) >= 11 is 0. The minimum Gasteiger partial charge on any atom is -0.272 e. The van der Waals surface area contributed by atoms with E-state index in [1.54, 1.807) is 5.01 Å². The van der Waals surface area contributed by atoms with Crippen molar-refractivity contribution >= 4 is 17.3 Å². The van der Waals surface area contributed by atoms with Crippen molar-refractivity contribution < 1.29 is 4.79 Å². The molecule has 3 heteroatoms. The van der Waals surface area contributed by atoms with E-state index < -0.39 is 0 Å². The Morgan fingerprint density at radius 1 is 1.11 bits per heavy atom. The molecule has 1 heterocycles. The summed E-state index contributed by atoms with van der Waals surface area (Å²) in [5.41, 5.74) is 4.37. The van der Waals surface area contributed by atoms with Gasteiger partial charge in [-0.3, -0.25) is 4.79 Å². The fourth-order valence-electron chi connectivity index (χ4n) is 3.14. The predicted molar refractivity (Wildman–Crippen MR) is 77.4 cm³/mol. The largest absolute Gasteiger partial charge is 0.272 e. The number of anilines is 1. The van der Waals surface area contributed by atoms with Crippen molar-refractivity contribution in [3.63, 3.8) is 0 Å². The molecule has 1 saturated carbocycles. The summed E-state index contributed by atoms with van der Waals surface area (Å²) in [5, 5.41) is 6.23. The number of fused-ring (bicyclic) bond motifs is 1. The zero-order chi connectivity index (χ0) is 13.4. The van der Waals surface area contributed by atoms with Gasteiger partial charge in [0.15, 0.2) is 0 Å². The van der Waals surface area contributed by atoms with Gasteiger partial charge >= 0.3 is 0 Å². The molecule has 0 unspecified atom stereocenters. The van der Waals surface area contributed by atoms with Crippen LogP contribution in [-0.4, -0.2) is 11.6 Å². The van der Waals surface area contributed by atoms with Crippen LogP contribution in [-0.2, 0) is 4.79 Å². The van der Waals surface area contributed by atoms with Gasteiger partial charge in [0.1, 0.15) is 0 Å². The number of carbonyl (C=O) groups is 1. The van der Waals surface area contributed by atoms with E-state index >= 15 is 0 Å². The Hall–Kier alpha value is -1.64. The maximum Gasteiger partial charge on any atom is 0.256 e. The molecule has 1 atom stereocenters. The number of nitrogens with zero attached hydrogens (tertiary/aromatic N) is 2. The first-order chi connectivity index (χ1) is 9.15. The normalized spacial score (nSPS) is 23.1. The van der Waals surface area contributed by atoms with E-state index in [2.05, 4.69) is 25.0 Å². The molecule has 0 saturated heterocycles. The molecule has 1 aromatic rings. The number of rotatable bonds is 1. The summed E-state index contributed by atoms with van der Waals surface area (Å²) in [7, 11) is 0. The maximum absolute atomic E-state index is 12.5. The van der Waals surface area contributed by atoms with Crippen LogP contribution < -0.4 is 5.01 Å². The van der Waals surface area contributed by atoms with Crippen molar-refractivity contribution in [1.82, 2.24) is 0 Å². The van der Waals surface area contributed by atoms with E-state index in [1.165, 1.54) is 24.0 Å². The third kappa shape index (κ3) is 2.29. The van der Waals surface area contributed by atoms with Crippen LogP contribution in [0.25, 0.3) is 0 Å². The average molecular weight is 256 g/mol. The quantitative estimate of drug-likeness (QED) is 0.755. The Balaban J connectivity index is 1.95. The molecule has 19 heavy (non-hydrogen) atoms. The lowest BCUT2D eigenvalue weighted by Gasteiger charge is -2.15. The first-order valence-electron chi connectivity index (χ1n) is 7.15. The number of hydrazone groups is 1. The fraction of sp³-hybridized carbons (Fsp3) is 0.500. The topological polar surface area (TPSA) is 32.7 Å². The fourth-order valence-corrected chi connectivity index (χ4v) is 3.14. The number of carbonyl (C=O) groups excluding carboxylic acids is 1. The molecule has 1 aliphatic heterocycles. The minimum absolute atomic E-state index is 0.0447. The first kappa shape index (κ1) is 12.4. The molecule has 1 aliphatic carbocycles. The third-order valence-corrected chi connectivity index (χ3v) is 4.01. The third-order valence-electron chi connectivity index (χ3n) is 4.01.